The molecule has 0 amide bonds. The summed E-state index contributed by atoms with van der Waals surface area (Å²) < 4.78 is 35.4. The summed E-state index contributed by atoms with van der Waals surface area (Å²) in [5.41, 5.74) is 0.118. The van der Waals surface area contributed by atoms with Crippen molar-refractivity contribution in [3.63, 3.8) is 0 Å². The molecular formula is C6H10F3N. The number of rotatable bonds is 1. The molecule has 60 valence electrons. The number of aliphatic imine (C=N–C) groups is 1. The van der Waals surface area contributed by atoms with Crippen LogP contribution < -0.4 is 0 Å². The van der Waals surface area contributed by atoms with Gasteiger partial charge in [0, 0.05) is 12.8 Å². The van der Waals surface area contributed by atoms with Gasteiger partial charge >= 0.3 is 6.18 Å². The first kappa shape index (κ1) is 9.46. The third-order valence-electron chi connectivity index (χ3n) is 1.47. The van der Waals surface area contributed by atoms with E-state index in [2.05, 4.69) is 4.99 Å². The van der Waals surface area contributed by atoms with E-state index in [0.717, 1.165) is 6.92 Å². The standard InChI is InChI=1S/C6H10F3N/c1-4(5(2)10-3)6(7,8)9/h4H,1-3H3. The molecule has 0 rings (SSSR count). The topological polar surface area (TPSA) is 12.4 Å². The van der Waals surface area contributed by atoms with Crippen LogP contribution in [0, 0.1) is 5.92 Å². The fourth-order valence-electron chi connectivity index (χ4n) is 0.431. The summed E-state index contributed by atoms with van der Waals surface area (Å²) in [6.45, 7) is 2.47. The molecule has 0 fully saturated rings. The van der Waals surface area contributed by atoms with Crippen molar-refractivity contribution in [1.82, 2.24) is 0 Å². The van der Waals surface area contributed by atoms with E-state index < -0.39 is 12.1 Å². The molecule has 0 saturated heterocycles. The van der Waals surface area contributed by atoms with E-state index in [-0.39, 0.29) is 5.71 Å². The molecule has 0 aliphatic carbocycles. The third kappa shape index (κ3) is 2.37. The molecule has 0 spiro atoms. The van der Waals surface area contributed by atoms with Gasteiger partial charge in [-0.1, -0.05) is 0 Å². The first-order valence-electron chi connectivity index (χ1n) is 2.89. The Balaban J connectivity index is 4.23. The number of hydrogen-bond donors (Lipinski definition) is 0. The summed E-state index contributed by atoms with van der Waals surface area (Å²) in [7, 11) is 1.36. The Hall–Kier alpha value is -0.540. The van der Waals surface area contributed by atoms with Crippen molar-refractivity contribution >= 4 is 5.71 Å². The molecule has 0 N–H and O–H groups in total. The van der Waals surface area contributed by atoms with Crippen LogP contribution in [-0.2, 0) is 0 Å². The molecule has 0 bridgehead atoms. The molecule has 0 aliphatic rings. The first-order valence-corrected chi connectivity index (χ1v) is 2.89. The predicted molar refractivity (Wildman–Crippen MR) is 34.3 cm³/mol. The van der Waals surface area contributed by atoms with Gasteiger partial charge in [0.25, 0.3) is 0 Å². The Morgan fingerprint density at radius 2 is 1.80 bits per heavy atom. The zero-order chi connectivity index (χ0) is 8.36. The minimum absolute atomic E-state index is 0.118. The predicted octanol–water partition coefficient (Wildman–Crippen LogP) is 2.28. The fourth-order valence-corrected chi connectivity index (χ4v) is 0.431. The number of hydrogen-bond acceptors (Lipinski definition) is 1. The first-order chi connectivity index (χ1) is 4.39. The van der Waals surface area contributed by atoms with E-state index in [4.69, 9.17) is 0 Å². The molecular weight excluding hydrogens is 143 g/mol. The van der Waals surface area contributed by atoms with Crippen LogP contribution in [-0.4, -0.2) is 18.9 Å². The highest BCUT2D eigenvalue weighted by molar-refractivity contribution is 5.84. The normalized spacial score (nSPS) is 17.2. The maximum atomic E-state index is 11.8. The number of alkyl halides is 3. The lowest BCUT2D eigenvalue weighted by molar-refractivity contribution is -0.150. The maximum absolute atomic E-state index is 11.8. The molecule has 0 saturated carbocycles. The zero-order valence-electron chi connectivity index (χ0n) is 6.16. The van der Waals surface area contributed by atoms with Crippen LogP contribution in [0.5, 0.6) is 0 Å². The highest BCUT2D eigenvalue weighted by atomic mass is 19.4. The van der Waals surface area contributed by atoms with Crippen LogP contribution in [0.2, 0.25) is 0 Å². The van der Waals surface area contributed by atoms with Crippen LogP contribution in [0.25, 0.3) is 0 Å². The van der Waals surface area contributed by atoms with Gasteiger partial charge < -0.3 is 0 Å². The van der Waals surface area contributed by atoms with Gasteiger partial charge in [-0.25, -0.2) is 0 Å². The van der Waals surface area contributed by atoms with Crippen LogP contribution >= 0.6 is 0 Å². The number of halogens is 3. The molecule has 0 aromatic rings. The second-order valence-corrected chi connectivity index (χ2v) is 2.13. The van der Waals surface area contributed by atoms with Gasteiger partial charge in [0.05, 0.1) is 5.92 Å². The maximum Gasteiger partial charge on any atom is 0.396 e. The molecule has 0 aromatic heterocycles. The summed E-state index contributed by atoms with van der Waals surface area (Å²) in [5.74, 6) is -1.42. The van der Waals surface area contributed by atoms with Gasteiger partial charge in [-0.3, -0.25) is 4.99 Å². The zero-order valence-corrected chi connectivity index (χ0v) is 6.16. The van der Waals surface area contributed by atoms with E-state index in [1.54, 1.807) is 0 Å². The minimum atomic E-state index is -4.15. The second-order valence-electron chi connectivity index (χ2n) is 2.13. The van der Waals surface area contributed by atoms with Gasteiger partial charge in [-0.15, -0.1) is 0 Å². The van der Waals surface area contributed by atoms with E-state index in [9.17, 15) is 13.2 Å². The lowest BCUT2D eigenvalue weighted by Crippen LogP contribution is -2.26. The van der Waals surface area contributed by atoms with Gasteiger partial charge in [0.15, 0.2) is 0 Å². The average Bonchev–Trinajstić information content (AvgIpc) is 1.83. The Bertz CT molecular complexity index is 136. The monoisotopic (exact) mass is 153 g/mol. The van der Waals surface area contributed by atoms with Gasteiger partial charge in [-0.05, 0) is 13.8 Å². The lowest BCUT2D eigenvalue weighted by Gasteiger charge is -2.14. The van der Waals surface area contributed by atoms with Crippen molar-refractivity contribution in [3.8, 4) is 0 Å². The van der Waals surface area contributed by atoms with Crippen LogP contribution in [0.3, 0.4) is 0 Å². The number of nitrogens with zero attached hydrogens (tertiary/aromatic N) is 1. The SMILES string of the molecule is CN=C(C)C(C)C(F)(F)F. The fraction of sp³-hybridized carbons (Fsp3) is 0.833. The molecule has 1 atom stereocenters. The van der Waals surface area contributed by atoms with Crippen molar-refractivity contribution in [1.29, 1.82) is 0 Å². The smallest absolute Gasteiger partial charge is 0.297 e. The van der Waals surface area contributed by atoms with Crippen molar-refractivity contribution < 1.29 is 13.2 Å². The molecule has 0 aliphatic heterocycles. The van der Waals surface area contributed by atoms with Crippen molar-refractivity contribution in [2.45, 2.75) is 20.0 Å². The molecule has 4 heteroatoms. The molecule has 10 heavy (non-hydrogen) atoms. The largest absolute Gasteiger partial charge is 0.396 e. The minimum Gasteiger partial charge on any atom is -0.297 e. The van der Waals surface area contributed by atoms with Gasteiger partial charge in [0.2, 0.25) is 0 Å². The summed E-state index contributed by atoms with van der Waals surface area (Å²) in [5, 5.41) is 0. The Morgan fingerprint density at radius 3 is 1.90 bits per heavy atom. The van der Waals surface area contributed by atoms with Gasteiger partial charge in [-0.2, -0.15) is 13.2 Å². The van der Waals surface area contributed by atoms with E-state index in [1.807, 2.05) is 0 Å². The van der Waals surface area contributed by atoms with E-state index in [1.165, 1.54) is 14.0 Å². The van der Waals surface area contributed by atoms with Crippen molar-refractivity contribution in [2.24, 2.45) is 10.9 Å². The quantitative estimate of drug-likeness (QED) is 0.512. The van der Waals surface area contributed by atoms with E-state index >= 15 is 0 Å². The summed E-state index contributed by atoms with van der Waals surface area (Å²) >= 11 is 0. The van der Waals surface area contributed by atoms with Crippen LogP contribution in [0.15, 0.2) is 4.99 Å². The molecule has 0 aromatic carbocycles. The summed E-state index contributed by atoms with van der Waals surface area (Å²) in [6, 6.07) is 0. The second kappa shape index (κ2) is 3.03. The molecule has 0 radical (unpaired) electrons. The highest BCUT2D eigenvalue weighted by Gasteiger charge is 2.37. The Kier molecular flexibility index (Phi) is 2.87. The van der Waals surface area contributed by atoms with Crippen molar-refractivity contribution in [2.75, 3.05) is 7.05 Å². The summed E-state index contributed by atoms with van der Waals surface area (Å²) in [4.78, 5) is 3.45. The lowest BCUT2D eigenvalue weighted by atomic mass is 10.1. The van der Waals surface area contributed by atoms with Crippen LogP contribution in [0.4, 0.5) is 13.2 Å². The third-order valence-corrected chi connectivity index (χ3v) is 1.47. The molecule has 1 unspecified atom stereocenters. The van der Waals surface area contributed by atoms with Crippen LogP contribution in [0.1, 0.15) is 13.8 Å². The Labute approximate surface area is 58.0 Å². The van der Waals surface area contributed by atoms with Crippen molar-refractivity contribution in [3.05, 3.63) is 0 Å². The average molecular weight is 153 g/mol. The Morgan fingerprint density at radius 1 is 1.40 bits per heavy atom. The molecule has 0 heterocycles. The van der Waals surface area contributed by atoms with Gasteiger partial charge in [0.1, 0.15) is 0 Å². The summed E-state index contributed by atoms with van der Waals surface area (Å²) in [6.07, 6.45) is -4.15. The van der Waals surface area contributed by atoms with E-state index in [0.29, 0.717) is 0 Å². The highest BCUT2D eigenvalue weighted by Crippen LogP contribution is 2.26. The molecule has 1 nitrogen and oxygen atoms in total.